The molecule has 1 N–H and O–H groups in total. The largest absolute Gasteiger partial charge is 0.497 e. The number of nitrogens with zero attached hydrogens (tertiary/aromatic N) is 1. The molecule has 0 saturated heterocycles. The van der Waals surface area contributed by atoms with Gasteiger partial charge in [0.25, 0.3) is 0 Å². The monoisotopic (exact) mass is 218 g/mol. The van der Waals surface area contributed by atoms with Crippen LogP contribution in [0.15, 0.2) is 24.3 Å². The average molecular weight is 218 g/mol. The minimum atomic E-state index is 0.0795. The van der Waals surface area contributed by atoms with E-state index in [-0.39, 0.29) is 5.92 Å². The zero-order valence-corrected chi connectivity index (χ0v) is 9.86. The Morgan fingerprint density at radius 2 is 2.06 bits per heavy atom. The molecule has 1 unspecified atom stereocenters. The predicted molar refractivity (Wildman–Crippen MR) is 64.3 cm³/mol. The summed E-state index contributed by atoms with van der Waals surface area (Å²) in [4.78, 5) is 0. The molecule has 3 nitrogen and oxygen atoms in total. The Hall–Kier alpha value is -1.53. The topological polar surface area (TPSA) is 45.0 Å². The van der Waals surface area contributed by atoms with Gasteiger partial charge in [-0.2, -0.15) is 5.26 Å². The Morgan fingerprint density at radius 3 is 2.62 bits per heavy atom. The second-order valence-electron chi connectivity index (χ2n) is 3.83. The summed E-state index contributed by atoms with van der Waals surface area (Å²) in [5.41, 5.74) is 1.28. The highest BCUT2D eigenvalue weighted by Crippen LogP contribution is 2.11. The molecule has 0 spiro atoms. The maximum Gasteiger partial charge on any atom is 0.118 e. The lowest BCUT2D eigenvalue weighted by atomic mass is 10.1. The molecule has 0 aliphatic rings. The van der Waals surface area contributed by atoms with Gasteiger partial charge in [0, 0.05) is 6.54 Å². The molecule has 1 atom stereocenters. The van der Waals surface area contributed by atoms with Crippen LogP contribution >= 0.6 is 0 Å². The van der Waals surface area contributed by atoms with Gasteiger partial charge in [0.15, 0.2) is 0 Å². The van der Waals surface area contributed by atoms with E-state index in [1.54, 1.807) is 7.11 Å². The van der Waals surface area contributed by atoms with Gasteiger partial charge in [0.2, 0.25) is 0 Å². The molecule has 1 rings (SSSR count). The fourth-order valence-corrected chi connectivity index (χ4v) is 1.39. The molecular weight excluding hydrogens is 200 g/mol. The Morgan fingerprint density at radius 1 is 1.38 bits per heavy atom. The zero-order chi connectivity index (χ0) is 11.8. The predicted octanol–water partition coefficient (Wildman–Crippen LogP) is 1.99. The first-order valence-corrected chi connectivity index (χ1v) is 5.49. The third kappa shape index (κ3) is 4.33. The fraction of sp³-hybridized carbons (Fsp3) is 0.462. The quantitative estimate of drug-likeness (QED) is 0.743. The number of nitrogens with one attached hydrogen (secondary N) is 1. The van der Waals surface area contributed by atoms with Gasteiger partial charge in [-0.05, 0) is 37.6 Å². The number of methoxy groups -OCH3 is 1. The highest BCUT2D eigenvalue weighted by Gasteiger charge is 1.98. The van der Waals surface area contributed by atoms with Gasteiger partial charge >= 0.3 is 0 Å². The summed E-state index contributed by atoms with van der Waals surface area (Å²) in [5.74, 6) is 0.964. The Labute approximate surface area is 97.0 Å². The van der Waals surface area contributed by atoms with Crippen LogP contribution in [-0.4, -0.2) is 20.2 Å². The van der Waals surface area contributed by atoms with Crippen molar-refractivity contribution in [2.45, 2.75) is 13.3 Å². The van der Waals surface area contributed by atoms with E-state index < -0.39 is 0 Å². The lowest BCUT2D eigenvalue weighted by Crippen LogP contribution is -2.22. The van der Waals surface area contributed by atoms with Gasteiger partial charge in [-0.25, -0.2) is 0 Å². The Kier molecular flexibility index (Phi) is 5.38. The summed E-state index contributed by atoms with van der Waals surface area (Å²) in [6, 6.07) is 10.3. The Bertz CT molecular complexity index is 340. The third-order valence-corrected chi connectivity index (χ3v) is 2.42. The van der Waals surface area contributed by atoms with Gasteiger partial charge in [0.1, 0.15) is 5.75 Å². The molecule has 0 aliphatic heterocycles. The van der Waals surface area contributed by atoms with E-state index in [0.29, 0.717) is 0 Å². The standard InChI is InChI=1S/C13H18N2O/c1-11(9-14)10-15-8-7-12-3-5-13(16-2)6-4-12/h3-6,11,15H,7-8,10H2,1-2H3. The van der Waals surface area contributed by atoms with Crippen LogP contribution in [0.2, 0.25) is 0 Å². The second kappa shape index (κ2) is 6.86. The minimum absolute atomic E-state index is 0.0795. The summed E-state index contributed by atoms with van der Waals surface area (Å²) < 4.78 is 5.09. The summed E-state index contributed by atoms with van der Waals surface area (Å²) >= 11 is 0. The van der Waals surface area contributed by atoms with Gasteiger partial charge in [-0.3, -0.25) is 0 Å². The number of nitriles is 1. The number of ether oxygens (including phenoxy) is 1. The SMILES string of the molecule is COc1ccc(CCNCC(C)C#N)cc1. The van der Waals surface area contributed by atoms with Crippen molar-refractivity contribution in [3.63, 3.8) is 0 Å². The van der Waals surface area contributed by atoms with Crippen molar-refractivity contribution in [3.05, 3.63) is 29.8 Å². The summed E-state index contributed by atoms with van der Waals surface area (Å²) in [6.07, 6.45) is 0.974. The van der Waals surface area contributed by atoms with Crippen molar-refractivity contribution in [2.24, 2.45) is 5.92 Å². The van der Waals surface area contributed by atoms with Crippen LogP contribution in [0.3, 0.4) is 0 Å². The van der Waals surface area contributed by atoms with E-state index in [2.05, 4.69) is 23.5 Å². The van der Waals surface area contributed by atoms with Crippen LogP contribution < -0.4 is 10.1 Å². The Balaban J connectivity index is 2.24. The molecule has 1 aromatic carbocycles. The molecule has 0 radical (unpaired) electrons. The van der Waals surface area contributed by atoms with Crippen LogP contribution in [0, 0.1) is 17.2 Å². The van der Waals surface area contributed by atoms with Crippen LogP contribution in [0.5, 0.6) is 5.75 Å². The molecule has 1 aromatic rings. The lowest BCUT2D eigenvalue weighted by Gasteiger charge is -2.06. The summed E-state index contributed by atoms with van der Waals surface area (Å²) in [5, 5.41) is 11.9. The fourth-order valence-electron chi connectivity index (χ4n) is 1.39. The van der Waals surface area contributed by atoms with Crippen molar-refractivity contribution in [1.82, 2.24) is 5.32 Å². The molecular formula is C13H18N2O. The van der Waals surface area contributed by atoms with Crippen molar-refractivity contribution < 1.29 is 4.74 Å². The van der Waals surface area contributed by atoms with Crippen molar-refractivity contribution >= 4 is 0 Å². The number of rotatable bonds is 6. The first kappa shape index (κ1) is 12.5. The molecule has 0 aromatic heterocycles. The van der Waals surface area contributed by atoms with E-state index in [9.17, 15) is 0 Å². The first-order chi connectivity index (χ1) is 7.76. The van der Waals surface area contributed by atoms with Gasteiger partial charge in [-0.15, -0.1) is 0 Å². The maximum atomic E-state index is 8.60. The van der Waals surface area contributed by atoms with Crippen LogP contribution in [0.1, 0.15) is 12.5 Å². The maximum absolute atomic E-state index is 8.60. The van der Waals surface area contributed by atoms with Gasteiger partial charge in [0.05, 0.1) is 19.1 Å². The molecule has 0 aliphatic carbocycles. The van der Waals surface area contributed by atoms with Gasteiger partial charge < -0.3 is 10.1 Å². The summed E-state index contributed by atoms with van der Waals surface area (Å²) in [7, 11) is 1.67. The molecule has 0 bridgehead atoms. The molecule has 0 saturated carbocycles. The van der Waals surface area contributed by atoms with Crippen molar-refractivity contribution in [2.75, 3.05) is 20.2 Å². The molecule has 0 fully saturated rings. The first-order valence-electron chi connectivity index (χ1n) is 5.49. The number of hydrogen-bond acceptors (Lipinski definition) is 3. The highest BCUT2D eigenvalue weighted by atomic mass is 16.5. The lowest BCUT2D eigenvalue weighted by molar-refractivity contribution is 0.414. The van der Waals surface area contributed by atoms with E-state index in [1.165, 1.54) is 5.56 Å². The highest BCUT2D eigenvalue weighted by molar-refractivity contribution is 5.27. The van der Waals surface area contributed by atoms with Crippen LogP contribution in [0.25, 0.3) is 0 Å². The molecule has 0 heterocycles. The third-order valence-electron chi connectivity index (χ3n) is 2.42. The van der Waals surface area contributed by atoms with Crippen LogP contribution in [0.4, 0.5) is 0 Å². The van der Waals surface area contributed by atoms with Crippen molar-refractivity contribution in [1.29, 1.82) is 5.26 Å². The van der Waals surface area contributed by atoms with Crippen molar-refractivity contribution in [3.8, 4) is 11.8 Å². The van der Waals surface area contributed by atoms with Crippen LogP contribution in [-0.2, 0) is 6.42 Å². The number of benzene rings is 1. The molecule has 3 heteroatoms. The summed E-state index contributed by atoms with van der Waals surface area (Å²) in [6.45, 7) is 3.57. The minimum Gasteiger partial charge on any atom is -0.497 e. The van der Waals surface area contributed by atoms with E-state index in [1.807, 2.05) is 19.1 Å². The van der Waals surface area contributed by atoms with E-state index in [4.69, 9.17) is 10.00 Å². The normalized spacial score (nSPS) is 11.8. The molecule has 86 valence electrons. The second-order valence-corrected chi connectivity index (χ2v) is 3.83. The van der Waals surface area contributed by atoms with E-state index in [0.717, 1.165) is 25.3 Å². The van der Waals surface area contributed by atoms with E-state index >= 15 is 0 Å². The average Bonchev–Trinajstić information content (AvgIpc) is 2.35. The number of hydrogen-bond donors (Lipinski definition) is 1. The molecule has 0 amide bonds. The smallest absolute Gasteiger partial charge is 0.118 e. The molecule has 16 heavy (non-hydrogen) atoms. The zero-order valence-electron chi connectivity index (χ0n) is 9.86. The van der Waals surface area contributed by atoms with Gasteiger partial charge in [-0.1, -0.05) is 12.1 Å².